The first kappa shape index (κ1) is 23.5. The number of aromatic nitrogens is 1. The molecular formula is C24H26ClN3O4. The van der Waals surface area contributed by atoms with Crippen molar-refractivity contribution >= 4 is 35.1 Å². The summed E-state index contributed by atoms with van der Waals surface area (Å²) < 4.78 is 5.95. The summed E-state index contributed by atoms with van der Waals surface area (Å²) in [5, 5.41) is 12.8. The van der Waals surface area contributed by atoms with Crippen LogP contribution >= 0.6 is 12.4 Å². The van der Waals surface area contributed by atoms with E-state index in [0.717, 1.165) is 28.6 Å². The fourth-order valence-electron chi connectivity index (χ4n) is 4.16. The van der Waals surface area contributed by atoms with Gasteiger partial charge in [-0.25, -0.2) is 5.48 Å². The molecule has 168 valence electrons. The molecule has 3 aromatic rings. The van der Waals surface area contributed by atoms with Crippen LogP contribution in [0.3, 0.4) is 0 Å². The van der Waals surface area contributed by atoms with Gasteiger partial charge in [0.1, 0.15) is 12.4 Å². The molecule has 1 aliphatic rings. The summed E-state index contributed by atoms with van der Waals surface area (Å²) in [5.74, 6) is -0.445. The largest absolute Gasteiger partial charge is 0.489 e. The molecule has 2 amide bonds. The van der Waals surface area contributed by atoms with Gasteiger partial charge in [-0.3, -0.25) is 19.8 Å². The topological polar surface area (TPSA) is 101 Å². The van der Waals surface area contributed by atoms with Crippen LogP contribution in [0.5, 0.6) is 5.75 Å². The molecule has 0 saturated heterocycles. The van der Waals surface area contributed by atoms with Crippen LogP contribution in [0.2, 0.25) is 0 Å². The van der Waals surface area contributed by atoms with Gasteiger partial charge in [0.2, 0.25) is 5.91 Å². The molecule has 32 heavy (non-hydrogen) atoms. The highest BCUT2D eigenvalue weighted by molar-refractivity contribution is 5.95. The lowest BCUT2D eigenvalue weighted by molar-refractivity contribution is -0.133. The van der Waals surface area contributed by atoms with E-state index in [1.165, 1.54) is 0 Å². The second-order valence-corrected chi connectivity index (χ2v) is 7.85. The van der Waals surface area contributed by atoms with Crippen molar-refractivity contribution in [2.24, 2.45) is 5.92 Å². The number of rotatable bonds is 6. The average molecular weight is 456 g/mol. The van der Waals surface area contributed by atoms with Gasteiger partial charge in [-0.1, -0.05) is 24.6 Å². The SMILES string of the molecule is Cc1cc(COc2ccc(C(=O)N[C@@H]3CCC[C@@H]3C(=O)NO)cc2)c2ccccc2n1.Cl. The number of hydrogen-bond acceptors (Lipinski definition) is 5. The fourth-order valence-corrected chi connectivity index (χ4v) is 4.16. The minimum absolute atomic E-state index is 0. The molecule has 1 heterocycles. The number of ether oxygens (including phenoxy) is 1. The third-order valence-corrected chi connectivity index (χ3v) is 5.72. The summed E-state index contributed by atoms with van der Waals surface area (Å²) in [7, 11) is 0. The summed E-state index contributed by atoms with van der Waals surface area (Å²) in [6.07, 6.45) is 2.19. The van der Waals surface area contributed by atoms with Gasteiger partial charge in [0, 0.05) is 28.2 Å². The van der Waals surface area contributed by atoms with Crippen LogP contribution in [-0.2, 0) is 11.4 Å². The van der Waals surface area contributed by atoms with Gasteiger partial charge in [-0.15, -0.1) is 12.4 Å². The molecule has 4 rings (SSSR count). The maximum absolute atomic E-state index is 12.6. The molecule has 0 bridgehead atoms. The number of aryl methyl sites for hydroxylation is 1. The number of benzene rings is 2. The Labute approximate surface area is 192 Å². The Hall–Kier alpha value is -3.16. The van der Waals surface area contributed by atoms with Crippen molar-refractivity contribution < 1.29 is 19.5 Å². The summed E-state index contributed by atoms with van der Waals surface area (Å²) in [4.78, 5) is 28.9. The zero-order valence-corrected chi connectivity index (χ0v) is 18.5. The molecule has 7 nitrogen and oxygen atoms in total. The predicted molar refractivity (Wildman–Crippen MR) is 123 cm³/mol. The molecule has 0 spiro atoms. The molecule has 8 heteroatoms. The van der Waals surface area contributed by atoms with Gasteiger partial charge < -0.3 is 10.1 Å². The van der Waals surface area contributed by atoms with E-state index in [2.05, 4.69) is 10.3 Å². The van der Waals surface area contributed by atoms with E-state index >= 15 is 0 Å². The number of fused-ring (bicyclic) bond motifs is 1. The van der Waals surface area contributed by atoms with Gasteiger partial charge in [0.25, 0.3) is 5.91 Å². The number of carbonyl (C=O) groups excluding carboxylic acids is 2. The van der Waals surface area contributed by atoms with Crippen molar-refractivity contribution in [3.63, 3.8) is 0 Å². The Balaban J connectivity index is 0.00000289. The minimum Gasteiger partial charge on any atom is -0.489 e. The first-order valence-corrected chi connectivity index (χ1v) is 10.4. The molecule has 1 aliphatic carbocycles. The Morgan fingerprint density at radius 3 is 2.62 bits per heavy atom. The Bertz CT molecular complexity index is 1100. The van der Waals surface area contributed by atoms with Crippen LogP contribution in [0.15, 0.2) is 54.6 Å². The van der Waals surface area contributed by atoms with Crippen LogP contribution in [0.4, 0.5) is 0 Å². The first-order valence-electron chi connectivity index (χ1n) is 10.4. The van der Waals surface area contributed by atoms with Crippen LogP contribution in [0.25, 0.3) is 10.9 Å². The van der Waals surface area contributed by atoms with Crippen molar-refractivity contribution in [2.75, 3.05) is 0 Å². The van der Waals surface area contributed by atoms with Crippen molar-refractivity contribution in [2.45, 2.75) is 38.8 Å². The number of nitrogens with one attached hydrogen (secondary N) is 2. The number of hydrogen-bond donors (Lipinski definition) is 3. The van der Waals surface area contributed by atoms with E-state index < -0.39 is 11.8 Å². The molecule has 0 unspecified atom stereocenters. The van der Waals surface area contributed by atoms with Gasteiger partial charge in [0.15, 0.2) is 0 Å². The lowest BCUT2D eigenvalue weighted by Crippen LogP contribution is -2.43. The second-order valence-electron chi connectivity index (χ2n) is 7.85. The number of pyridine rings is 1. The highest BCUT2D eigenvalue weighted by Gasteiger charge is 2.34. The van der Waals surface area contributed by atoms with Crippen molar-refractivity contribution in [1.82, 2.24) is 15.8 Å². The standard InChI is InChI=1S/C24H25N3O4.ClH/c1-15-13-17(19-5-2-3-7-21(19)25-15)14-31-18-11-9-16(10-12-18)23(28)26-22-8-4-6-20(22)24(29)27-30;/h2-3,5,7,9-13,20,22,30H,4,6,8,14H2,1H3,(H,26,28)(H,27,29);1H/t20-,22+;/m0./s1. The fraction of sp³-hybridized carbons (Fsp3) is 0.292. The first-order chi connectivity index (χ1) is 15.0. The number of halogens is 1. The lowest BCUT2D eigenvalue weighted by Gasteiger charge is -2.19. The van der Waals surface area contributed by atoms with Gasteiger partial charge >= 0.3 is 0 Å². The van der Waals surface area contributed by atoms with Gasteiger partial charge in [-0.2, -0.15) is 0 Å². The number of carbonyl (C=O) groups is 2. The van der Waals surface area contributed by atoms with E-state index in [-0.39, 0.29) is 24.4 Å². The number of nitrogens with zero attached hydrogens (tertiary/aromatic N) is 1. The average Bonchev–Trinajstić information content (AvgIpc) is 3.25. The molecule has 1 saturated carbocycles. The Morgan fingerprint density at radius 1 is 1.12 bits per heavy atom. The molecule has 1 aromatic heterocycles. The minimum atomic E-state index is -0.453. The normalized spacial score (nSPS) is 17.4. The summed E-state index contributed by atoms with van der Waals surface area (Å²) >= 11 is 0. The van der Waals surface area contributed by atoms with E-state index in [4.69, 9.17) is 9.94 Å². The molecular weight excluding hydrogens is 430 g/mol. The smallest absolute Gasteiger partial charge is 0.251 e. The summed E-state index contributed by atoms with van der Waals surface area (Å²) in [6, 6.07) is 16.6. The van der Waals surface area contributed by atoms with Crippen molar-refractivity contribution in [1.29, 1.82) is 0 Å². The molecule has 3 N–H and O–H groups in total. The monoisotopic (exact) mass is 455 g/mol. The molecule has 2 aromatic carbocycles. The lowest BCUT2D eigenvalue weighted by atomic mass is 10.0. The predicted octanol–water partition coefficient (Wildman–Crippen LogP) is 3.95. The van der Waals surface area contributed by atoms with E-state index in [1.54, 1.807) is 29.7 Å². The third kappa shape index (κ3) is 5.18. The zero-order chi connectivity index (χ0) is 21.8. The second kappa shape index (κ2) is 10.4. The van der Waals surface area contributed by atoms with Gasteiger partial charge in [-0.05, 0) is 56.2 Å². The summed E-state index contributed by atoms with van der Waals surface area (Å²) in [5.41, 5.74) is 5.11. The van der Waals surface area contributed by atoms with Gasteiger partial charge in [0.05, 0.1) is 11.4 Å². The maximum Gasteiger partial charge on any atom is 0.251 e. The van der Waals surface area contributed by atoms with E-state index in [9.17, 15) is 9.59 Å². The highest BCUT2D eigenvalue weighted by atomic mass is 35.5. The quantitative estimate of drug-likeness (QED) is 0.386. The summed E-state index contributed by atoms with van der Waals surface area (Å²) in [6.45, 7) is 2.36. The zero-order valence-electron chi connectivity index (χ0n) is 17.7. The number of para-hydroxylation sites is 1. The van der Waals surface area contributed by atoms with E-state index in [1.807, 2.05) is 37.3 Å². The molecule has 0 aliphatic heterocycles. The number of hydroxylamine groups is 1. The molecule has 1 fully saturated rings. The Kier molecular flexibility index (Phi) is 7.66. The third-order valence-electron chi connectivity index (χ3n) is 5.72. The van der Waals surface area contributed by atoms with E-state index in [0.29, 0.717) is 30.8 Å². The Morgan fingerprint density at radius 2 is 1.88 bits per heavy atom. The van der Waals surface area contributed by atoms with Crippen LogP contribution in [0.1, 0.15) is 40.9 Å². The van der Waals surface area contributed by atoms with Crippen LogP contribution in [-0.4, -0.2) is 28.0 Å². The van der Waals surface area contributed by atoms with Crippen molar-refractivity contribution in [3.8, 4) is 5.75 Å². The number of amides is 2. The maximum atomic E-state index is 12.6. The molecule has 2 atom stereocenters. The van der Waals surface area contributed by atoms with Crippen molar-refractivity contribution in [3.05, 3.63) is 71.4 Å². The van der Waals surface area contributed by atoms with Crippen LogP contribution in [0, 0.1) is 12.8 Å². The highest BCUT2D eigenvalue weighted by Crippen LogP contribution is 2.26. The molecule has 0 radical (unpaired) electrons. The van der Waals surface area contributed by atoms with Crippen LogP contribution < -0.4 is 15.5 Å².